The van der Waals surface area contributed by atoms with Crippen molar-refractivity contribution >= 4 is 29.9 Å². The van der Waals surface area contributed by atoms with Crippen LogP contribution in [0.4, 0.5) is 0 Å². The number of nitrogens with zero attached hydrogens (tertiary/aromatic N) is 1. The zero-order valence-corrected chi connectivity index (χ0v) is 18.5. The minimum Gasteiger partial charge on any atom is -0.466 e. The van der Waals surface area contributed by atoms with Crippen LogP contribution in [-0.4, -0.2) is 24.2 Å². The van der Waals surface area contributed by atoms with E-state index in [9.17, 15) is 5.11 Å². The standard InChI is InChI=1S/C20H29N3O2.HI/c1-6-21-19(22-12-17-9-7-8-14(2)10-17)23-13-20(5,24)18-11-15(3)25-16(18)4;/h7-11,24H,6,12-13H2,1-5H3,(H2,21,22,23);1H. The third kappa shape index (κ3) is 6.32. The van der Waals surface area contributed by atoms with Gasteiger partial charge in [0.1, 0.15) is 17.1 Å². The van der Waals surface area contributed by atoms with Crippen molar-refractivity contribution < 1.29 is 9.52 Å². The molecule has 0 fully saturated rings. The second-order valence-electron chi connectivity index (χ2n) is 6.64. The number of aliphatic hydroxyl groups is 1. The Bertz CT molecular complexity index is 738. The quantitative estimate of drug-likeness (QED) is 0.341. The summed E-state index contributed by atoms with van der Waals surface area (Å²) in [5, 5.41) is 17.3. The highest BCUT2D eigenvalue weighted by molar-refractivity contribution is 14.0. The lowest BCUT2D eigenvalue weighted by molar-refractivity contribution is 0.0601. The highest BCUT2D eigenvalue weighted by atomic mass is 127. The molecule has 0 saturated carbocycles. The van der Waals surface area contributed by atoms with Gasteiger partial charge in [-0.1, -0.05) is 29.8 Å². The maximum atomic E-state index is 10.8. The maximum Gasteiger partial charge on any atom is 0.191 e. The number of benzene rings is 1. The van der Waals surface area contributed by atoms with Crippen LogP contribution in [0.3, 0.4) is 0 Å². The molecule has 1 atom stereocenters. The number of halogens is 1. The number of nitrogens with one attached hydrogen (secondary N) is 2. The number of guanidine groups is 1. The average molecular weight is 471 g/mol. The molecule has 0 spiro atoms. The molecule has 2 aromatic rings. The van der Waals surface area contributed by atoms with Crippen LogP contribution in [0.15, 0.2) is 39.7 Å². The van der Waals surface area contributed by atoms with E-state index in [1.165, 1.54) is 5.56 Å². The molecule has 0 amide bonds. The van der Waals surface area contributed by atoms with Gasteiger partial charge >= 0.3 is 0 Å². The molecule has 1 aromatic carbocycles. The molecule has 6 heteroatoms. The zero-order valence-electron chi connectivity index (χ0n) is 16.2. The van der Waals surface area contributed by atoms with Gasteiger partial charge in [-0.25, -0.2) is 4.99 Å². The summed E-state index contributed by atoms with van der Waals surface area (Å²) >= 11 is 0. The number of aryl methyl sites for hydroxylation is 3. The normalized spacial score (nSPS) is 13.7. The summed E-state index contributed by atoms with van der Waals surface area (Å²) < 4.78 is 5.54. The van der Waals surface area contributed by atoms with Crippen molar-refractivity contribution in [3.8, 4) is 0 Å². The van der Waals surface area contributed by atoms with E-state index in [-0.39, 0.29) is 24.0 Å². The van der Waals surface area contributed by atoms with E-state index in [0.717, 1.165) is 29.2 Å². The number of hydrogen-bond donors (Lipinski definition) is 3. The monoisotopic (exact) mass is 471 g/mol. The SMILES string of the molecule is CCNC(=NCc1cccc(C)c1)NCC(C)(O)c1cc(C)oc1C.I. The highest BCUT2D eigenvalue weighted by Gasteiger charge is 2.27. The largest absolute Gasteiger partial charge is 0.466 e. The topological polar surface area (TPSA) is 69.8 Å². The summed E-state index contributed by atoms with van der Waals surface area (Å²) in [6.07, 6.45) is 0. The van der Waals surface area contributed by atoms with Gasteiger partial charge < -0.3 is 20.2 Å². The molecule has 1 aromatic heterocycles. The molecule has 0 bridgehead atoms. The summed E-state index contributed by atoms with van der Waals surface area (Å²) in [5.41, 5.74) is 2.14. The molecule has 1 heterocycles. The van der Waals surface area contributed by atoms with Crippen LogP contribution in [0.25, 0.3) is 0 Å². The third-order valence-corrected chi connectivity index (χ3v) is 4.07. The maximum absolute atomic E-state index is 10.8. The minimum absolute atomic E-state index is 0. The van der Waals surface area contributed by atoms with Gasteiger partial charge in [0.2, 0.25) is 0 Å². The first-order chi connectivity index (χ1) is 11.8. The Morgan fingerprint density at radius 2 is 1.92 bits per heavy atom. The van der Waals surface area contributed by atoms with Gasteiger partial charge in [-0.3, -0.25) is 0 Å². The third-order valence-electron chi connectivity index (χ3n) is 4.07. The van der Waals surface area contributed by atoms with Crippen molar-refractivity contribution in [2.24, 2.45) is 4.99 Å². The summed E-state index contributed by atoms with van der Waals surface area (Å²) in [4.78, 5) is 4.61. The molecule has 3 N–H and O–H groups in total. The molecule has 0 aliphatic rings. The van der Waals surface area contributed by atoms with E-state index < -0.39 is 5.60 Å². The van der Waals surface area contributed by atoms with Crippen LogP contribution < -0.4 is 10.6 Å². The Morgan fingerprint density at radius 3 is 2.50 bits per heavy atom. The van der Waals surface area contributed by atoms with Gasteiger partial charge in [-0.2, -0.15) is 0 Å². The summed E-state index contributed by atoms with van der Waals surface area (Å²) in [6, 6.07) is 10.2. The minimum atomic E-state index is -1.04. The second kappa shape index (κ2) is 9.97. The number of furan rings is 1. The second-order valence-corrected chi connectivity index (χ2v) is 6.64. The van der Waals surface area contributed by atoms with Gasteiger partial charge in [0, 0.05) is 12.1 Å². The van der Waals surface area contributed by atoms with Crippen molar-refractivity contribution in [2.45, 2.75) is 46.8 Å². The Hall–Kier alpha value is -1.54. The van der Waals surface area contributed by atoms with E-state index in [4.69, 9.17) is 4.42 Å². The van der Waals surface area contributed by atoms with Crippen molar-refractivity contribution in [3.63, 3.8) is 0 Å². The fraction of sp³-hybridized carbons (Fsp3) is 0.450. The average Bonchev–Trinajstić information content (AvgIpc) is 2.89. The number of aliphatic imine (C=N–C) groups is 1. The smallest absolute Gasteiger partial charge is 0.191 e. The van der Waals surface area contributed by atoms with E-state index in [2.05, 4.69) is 40.7 Å². The molecule has 0 radical (unpaired) electrons. The lowest BCUT2D eigenvalue weighted by Gasteiger charge is -2.24. The van der Waals surface area contributed by atoms with Gasteiger partial charge in [0.05, 0.1) is 13.1 Å². The predicted octanol–water partition coefficient (Wildman–Crippen LogP) is 3.79. The van der Waals surface area contributed by atoms with Crippen molar-refractivity contribution in [1.29, 1.82) is 0 Å². The molecule has 0 saturated heterocycles. The van der Waals surface area contributed by atoms with Crippen LogP contribution in [-0.2, 0) is 12.1 Å². The van der Waals surface area contributed by atoms with Crippen molar-refractivity contribution in [1.82, 2.24) is 10.6 Å². The molecule has 26 heavy (non-hydrogen) atoms. The summed E-state index contributed by atoms with van der Waals surface area (Å²) in [7, 11) is 0. The first kappa shape index (κ1) is 22.5. The highest BCUT2D eigenvalue weighted by Crippen LogP contribution is 2.26. The predicted molar refractivity (Wildman–Crippen MR) is 117 cm³/mol. The van der Waals surface area contributed by atoms with Gasteiger partial charge in [0.15, 0.2) is 5.96 Å². The lowest BCUT2D eigenvalue weighted by atomic mass is 9.96. The summed E-state index contributed by atoms with van der Waals surface area (Å²) in [6.45, 7) is 11.3. The molecular weight excluding hydrogens is 441 g/mol. The van der Waals surface area contributed by atoms with E-state index in [1.807, 2.05) is 32.9 Å². The first-order valence-corrected chi connectivity index (χ1v) is 8.69. The fourth-order valence-electron chi connectivity index (χ4n) is 2.84. The number of rotatable bonds is 6. The lowest BCUT2D eigenvalue weighted by Crippen LogP contribution is -2.44. The van der Waals surface area contributed by atoms with Crippen molar-refractivity contribution in [2.75, 3.05) is 13.1 Å². The van der Waals surface area contributed by atoms with Crippen molar-refractivity contribution in [3.05, 3.63) is 58.5 Å². The molecule has 1 unspecified atom stereocenters. The van der Waals surface area contributed by atoms with Crippen LogP contribution in [0.1, 0.15) is 42.1 Å². The van der Waals surface area contributed by atoms with Crippen LogP contribution in [0.5, 0.6) is 0 Å². The molecule has 0 aliphatic carbocycles. The van der Waals surface area contributed by atoms with Crippen LogP contribution >= 0.6 is 24.0 Å². The van der Waals surface area contributed by atoms with E-state index in [0.29, 0.717) is 19.0 Å². The van der Waals surface area contributed by atoms with E-state index >= 15 is 0 Å². The fourth-order valence-corrected chi connectivity index (χ4v) is 2.84. The van der Waals surface area contributed by atoms with Crippen LogP contribution in [0.2, 0.25) is 0 Å². The number of hydrogen-bond acceptors (Lipinski definition) is 3. The van der Waals surface area contributed by atoms with Crippen LogP contribution in [0, 0.1) is 20.8 Å². The van der Waals surface area contributed by atoms with E-state index in [1.54, 1.807) is 6.92 Å². The Kier molecular flexibility index (Phi) is 8.62. The zero-order chi connectivity index (χ0) is 18.4. The van der Waals surface area contributed by atoms with Gasteiger partial charge in [0.25, 0.3) is 0 Å². The molecular formula is C20H30IN3O2. The molecule has 144 valence electrons. The molecule has 5 nitrogen and oxygen atoms in total. The van der Waals surface area contributed by atoms with Gasteiger partial charge in [-0.05, 0) is 46.2 Å². The Balaban J connectivity index is 0.00000338. The Labute approximate surface area is 173 Å². The molecule has 2 rings (SSSR count). The summed E-state index contributed by atoms with van der Waals surface area (Å²) in [5.74, 6) is 2.22. The first-order valence-electron chi connectivity index (χ1n) is 8.69. The molecule has 0 aliphatic heterocycles. The Morgan fingerprint density at radius 1 is 1.19 bits per heavy atom. The van der Waals surface area contributed by atoms with Gasteiger partial charge in [-0.15, -0.1) is 24.0 Å².